The molecule has 1 aromatic carbocycles. The molecule has 0 unspecified atom stereocenters. The number of amides is 1. The molecule has 5 atom stereocenters. The van der Waals surface area contributed by atoms with Crippen LogP contribution in [0.1, 0.15) is 30.1 Å². The number of aliphatic hydroxyl groups is 2. The minimum Gasteiger partial charge on any atom is -0.389 e. The molecule has 5 rings (SSSR count). The fourth-order valence-electron chi connectivity index (χ4n) is 4.97. The van der Waals surface area contributed by atoms with Crippen LogP contribution in [0.15, 0.2) is 36.7 Å². The van der Waals surface area contributed by atoms with E-state index in [1.165, 1.54) is 0 Å². The van der Waals surface area contributed by atoms with Crippen LogP contribution in [0.2, 0.25) is 0 Å². The number of fused-ring (bicyclic) bond motifs is 2. The van der Waals surface area contributed by atoms with Crippen molar-refractivity contribution in [2.24, 2.45) is 5.73 Å². The van der Waals surface area contributed by atoms with E-state index in [4.69, 9.17) is 5.73 Å². The quantitative estimate of drug-likeness (QED) is 0.354. The van der Waals surface area contributed by atoms with Crippen LogP contribution in [0.3, 0.4) is 0 Å². The second-order valence-corrected chi connectivity index (χ2v) is 8.88. The molecular weight excluding hydrogens is 410 g/mol. The summed E-state index contributed by atoms with van der Waals surface area (Å²) in [7, 11) is 0. The zero-order valence-corrected chi connectivity index (χ0v) is 17.8. The first-order chi connectivity index (χ1) is 15.5. The fourth-order valence-corrected chi connectivity index (χ4v) is 4.97. The molecule has 10 nitrogen and oxygen atoms in total. The Hall–Kier alpha value is -2.79. The Morgan fingerprint density at radius 2 is 2.19 bits per heavy atom. The van der Waals surface area contributed by atoms with Crippen LogP contribution < -0.4 is 11.1 Å². The molecule has 2 saturated heterocycles. The number of aliphatic hydroxyl groups excluding tert-OH is 2. The van der Waals surface area contributed by atoms with Crippen LogP contribution in [0.4, 0.5) is 0 Å². The lowest BCUT2D eigenvalue weighted by Gasteiger charge is -2.35. The number of carbonyl (C=O) groups is 1. The maximum atomic E-state index is 12.5. The van der Waals surface area contributed by atoms with Gasteiger partial charge in [-0.1, -0.05) is 23.4 Å². The molecule has 0 aliphatic carbocycles. The first kappa shape index (κ1) is 21.1. The number of hydrogen-bond acceptors (Lipinski definition) is 7. The number of H-pyrrole nitrogens is 1. The lowest BCUT2D eigenvalue weighted by molar-refractivity contribution is -0.122. The number of rotatable bonds is 6. The Morgan fingerprint density at radius 3 is 3.06 bits per heavy atom. The number of aromatic nitrogens is 4. The minimum absolute atomic E-state index is 0.0568. The van der Waals surface area contributed by atoms with Gasteiger partial charge in [-0.25, -0.2) is 4.68 Å². The maximum Gasteiger partial charge on any atom is 0.237 e. The lowest BCUT2D eigenvalue weighted by atomic mass is 9.96. The molecule has 2 aliphatic heterocycles. The van der Waals surface area contributed by atoms with Crippen molar-refractivity contribution in [3.8, 4) is 0 Å². The lowest BCUT2D eigenvalue weighted by Crippen LogP contribution is -2.43. The highest BCUT2D eigenvalue weighted by Crippen LogP contribution is 2.33. The van der Waals surface area contributed by atoms with Gasteiger partial charge in [-0.2, -0.15) is 0 Å². The molecule has 4 heterocycles. The van der Waals surface area contributed by atoms with Crippen LogP contribution in [-0.4, -0.2) is 78.4 Å². The van der Waals surface area contributed by atoms with Crippen LogP contribution in [0.25, 0.3) is 10.9 Å². The monoisotopic (exact) mass is 439 g/mol. The molecule has 32 heavy (non-hydrogen) atoms. The zero-order chi connectivity index (χ0) is 22.2. The van der Waals surface area contributed by atoms with Crippen molar-refractivity contribution < 1.29 is 15.0 Å². The Morgan fingerprint density at radius 1 is 1.34 bits per heavy atom. The topological polar surface area (TPSA) is 145 Å². The number of aromatic amines is 1. The van der Waals surface area contributed by atoms with Gasteiger partial charge in [-0.05, 0) is 30.9 Å². The van der Waals surface area contributed by atoms with Crippen LogP contribution in [-0.2, 0) is 17.8 Å². The Labute approximate surface area is 185 Å². The van der Waals surface area contributed by atoms with E-state index < -0.39 is 18.2 Å². The van der Waals surface area contributed by atoms with Gasteiger partial charge in [-0.15, -0.1) is 5.10 Å². The van der Waals surface area contributed by atoms with Crippen molar-refractivity contribution in [3.63, 3.8) is 0 Å². The molecule has 170 valence electrons. The van der Waals surface area contributed by atoms with E-state index in [1.807, 2.05) is 41.3 Å². The van der Waals surface area contributed by atoms with E-state index >= 15 is 0 Å². The smallest absolute Gasteiger partial charge is 0.237 e. The largest absolute Gasteiger partial charge is 0.389 e. The van der Waals surface area contributed by atoms with Crippen molar-refractivity contribution >= 4 is 16.8 Å². The van der Waals surface area contributed by atoms with Crippen molar-refractivity contribution in [3.05, 3.63) is 47.9 Å². The molecule has 0 saturated carbocycles. The number of para-hydroxylation sites is 1. The Kier molecular flexibility index (Phi) is 5.68. The molecule has 3 aromatic rings. The molecule has 10 heteroatoms. The first-order valence-corrected chi connectivity index (χ1v) is 11.1. The van der Waals surface area contributed by atoms with Crippen LogP contribution >= 0.6 is 0 Å². The number of benzene rings is 1. The van der Waals surface area contributed by atoms with Gasteiger partial charge in [0.05, 0.1) is 37.0 Å². The summed E-state index contributed by atoms with van der Waals surface area (Å²) in [6, 6.07) is 7.33. The van der Waals surface area contributed by atoms with Crippen molar-refractivity contribution in [1.29, 1.82) is 0 Å². The van der Waals surface area contributed by atoms with Gasteiger partial charge in [0, 0.05) is 36.2 Å². The summed E-state index contributed by atoms with van der Waals surface area (Å²) in [5, 5.41) is 32.5. The summed E-state index contributed by atoms with van der Waals surface area (Å²) < 4.78 is 1.81. The summed E-state index contributed by atoms with van der Waals surface area (Å²) in [6.07, 6.45) is 4.35. The average molecular weight is 440 g/mol. The van der Waals surface area contributed by atoms with Crippen molar-refractivity contribution in [2.75, 3.05) is 13.1 Å². The van der Waals surface area contributed by atoms with Gasteiger partial charge in [-0.3, -0.25) is 9.69 Å². The third-order valence-electron chi connectivity index (χ3n) is 6.77. The second-order valence-electron chi connectivity index (χ2n) is 8.88. The van der Waals surface area contributed by atoms with E-state index in [0.29, 0.717) is 25.1 Å². The maximum absolute atomic E-state index is 12.5. The molecular formula is C22H29N7O3. The van der Waals surface area contributed by atoms with Crippen LogP contribution in [0.5, 0.6) is 0 Å². The van der Waals surface area contributed by atoms with E-state index in [0.717, 1.165) is 29.4 Å². The molecule has 2 aliphatic rings. The van der Waals surface area contributed by atoms with Crippen molar-refractivity contribution in [2.45, 2.75) is 56.1 Å². The van der Waals surface area contributed by atoms with Gasteiger partial charge in [0.1, 0.15) is 5.69 Å². The summed E-state index contributed by atoms with van der Waals surface area (Å²) in [4.78, 5) is 17.9. The van der Waals surface area contributed by atoms with Gasteiger partial charge < -0.3 is 26.2 Å². The highest BCUT2D eigenvalue weighted by atomic mass is 16.3. The highest BCUT2D eigenvalue weighted by Gasteiger charge is 2.43. The summed E-state index contributed by atoms with van der Waals surface area (Å²) in [6.45, 7) is 1.58. The summed E-state index contributed by atoms with van der Waals surface area (Å²) in [5.74, 6) is -0.235. The third-order valence-corrected chi connectivity index (χ3v) is 6.77. The molecule has 0 spiro atoms. The zero-order valence-electron chi connectivity index (χ0n) is 17.8. The molecule has 2 aromatic heterocycles. The van der Waals surface area contributed by atoms with Gasteiger partial charge >= 0.3 is 0 Å². The Bertz CT molecular complexity index is 1100. The van der Waals surface area contributed by atoms with Gasteiger partial charge in [0.15, 0.2) is 0 Å². The number of piperidine rings is 1. The van der Waals surface area contributed by atoms with Crippen LogP contribution in [0, 0.1) is 0 Å². The molecule has 2 fully saturated rings. The van der Waals surface area contributed by atoms with Gasteiger partial charge in [0.25, 0.3) is 0 Å². The fraction of sp³-hybridized carbons (Fsp3) is 0.500. The highest BCUT2D eigenvalue weighted by molar-refractivity contribution is 5.86. The number of carbonyl (C=O) groups excluding carboxylic acids is 1. The predicted octanol–water partition coefficient (Wildman–Crippen LogP) is -0.313. The summed E-state index contributed by atoms with van der Waals surface area (Å²) in [5.41, 5.74) is 8.84. The van der Waals surface area contributed by atoms with Crippen molar-refractivity contribution in [1.82, 2.24) is 30.2 Å². The third kappa shape index (κ3) is 4.02. The van der Waals surface area contributed by atoms with E-state index in [-0.39, 0.29) is 24.5 Å². The molecule has 6 N–H and O–H groups in total. The SMILES string of the molecule is N[C@@H](Cc1c[nH]c2ccccc12)C(=O)NCc1cn([C@H]2CCN3C[C@H](O)[C@@H](O)[C@@H]3C2)nn1. The number of nitrogens with zero attached hydrogens (tertiary/aromatic N) is 4. The van der Waals surface area contributed by atoms with Gasteiger partial charge in [0.2, 0.25) is 5.91 Å². The predicted molar refractivity (Wildman–Crippen MR) is 117 cm³/mol. The second kappa shape index (κ2) is 8.62. The van der Waals surface area contributed by atoms with E-state index in [1.54, 1.807) is 0 Å². The molecule has 0 radical (unpaired) electrons. The molecule has 1 amide bonds. The standard InChI is InChI=1S/C22H29N7O3/c23-17(7-13-9-24-18-4-2-1-3-16(13)18)22(32)25-10-14-11-29(27-26-14)15-5-6-28-12-20(30)21(31)19(28)8-15/h1-4,9,11,15,17,19-21,24,30-31H,5-8,10,12,23H2,(H,25,32)/t15-,17-,19-,20-,21-/m0/s1. The van der Waals surface area contributed by atoms with E-state index in [2.05, 4.69) is 25.5 Å². The minimum atomic E-state index is -0.723. The van der Waals surface area contributed by atoms with E-state index in [9.17, 15) is 15.0 Å². The number of nitrogens with two attached hydrogens (primary N) is 1. The number of hydrogen-bond donors (Lipinski definition) is 5. The summed E-state index contributed by atoms with van der Waals surface area (Å²) >= 11 is 0. The Balaban J connectivity index is 1.15. The average Bonchev–Trinajstić information content (AvgIpc) is 3.51. The normalized spacial score (nSPS) is 26.8. The number of nitrogens with one attached hydrogen (secondary N) is 2. The molecule has 0 bridgehead atoms. The first-order valence-electron chi connectivity index (χ1n) is 11.1.